The fraction of sp³-hybridized carbons (Fsp3) is 0.500. The van der Waals surface area contributed by atoms with Crippen LogP contribution in [0.2, 0.25) is 0 Å². The number of carbonyl (C=O) groups is 1. The van der Waals surface area contributed by atoms with Gasteiger partial charge in [0.1, 0.15) is 11.6 Å². The predicted molar refractivity (Wildman–Crippen MR) is 65.7 cm³/mol. The van der Waals surface area contributed by atoms with Gasteiger partial charge in [-0.15, -0.1) is 0 Å². The van der Waals surface area contributed by atoms with Crippen molar-refractivity contribution in [2.45, 2.75) is 38.6 Å². The molecule has 0 heterocycles. The Morgan fingerprint density at radius 3 is 2.67 bits per heavy atom. The molecule has 0 amide bonds. The van der Waals surface area contributed by atoms with Crippen LogP contribution in [-0.2, 0) is 0 Å². The molecule has 18 heavy (non-hydrogen) atoms. The number of hydrogen-bond acceptors (Lipinski definition) is 2. The van der Waals surface area contributed by atoms with Crippen molar-refractivity contribution < 1.29 is 13.6 Å². The van der Waals surface area contributed by atoms with Crippen molar-refractivity contribution >= 4 is 5.78 Å². The van der Waals surface area contributed by atoms with Crippen molar-refractivity contribution in [3.05, 3.63) is 34.9 Å². The summed E-state index contributed by atoms with van der Waals surface area (Å²) in [7, 11) is 0. The number of carbonyl (C=O) groups excluding carboxylic acids is 1. The van der Waals surface area contributed by atoms with E-state index in [1.54, 1.807) is 0 Å². The predicted octanol–water partition coefficient (Wildman–Crippen LogP) is 2.99. The first-order chi connectivity index (χ1) is 8.59. The van der Waals surface area contributed by atoms with Crippen LogP contribution in [0, 0.1) is 18.6 Å². The van der Waals surface area contributed by atoms with Gasteiger partial charge in [0.25, 0.3) is 0 Å². The molecule has 4 heteroatoms. The SMILES string of the molecule is Cc1ccc(F)c(C(=O)CNC2CCCC2)c1F. The maximum atomic E-state index is 13.7. The molecule has 1 aliphatic rings. The van der Waals surface area contributed by atoms with E-state index in [0.29, 0.717) is 11.6 Å². The highest BCUT2D eigenvalue weighted by molar-refractivity contribution is 5.98. The lowest BCUT2D eigenvalue weighted by Crippen LogP contribution is -2.32. The normalized spacial score (nSPS) is 16.2. The van der Waals surface area contributed by atoms with Gasteiger partial charge in [-0.05, 0) is 31.4 Å². The third-order valence-electron chi connectivity index (χ3n) is 3.47. The average Bonchev–Trinajstić information content (AvgIpc) is 2.85. The maximum absolute atomic E-state index is 13.7. The van der Waals surface area contributed by atoms with E-state index in [0.717, 1.165) is 31.7 Å². The van der Waals surface area contributed by atoms with Crippen molar-refractivity contribution in [3.8, 4) is 0 Å². The van der Waals surface area contributed by atoms with E-state index in [-0.39, 0.29) is 6.54 Å². The van der Waals surface area contributed by atoms with E-state index in [1.807, 2.05) is 0 Å². The second kappa shape index (κ2) is 5.57. The molecule has 1 N–H and O–H groups in total. The number of hydrogen-bond donors (Lipinski definition) is 1. The number of nitrogens with one attached hydrogen (secondary N) is 1. The molecule has 1 saturated carbocycles. The van der Waals surface area contributed by atoms with Gasteiger partial charge in [-0.25, -0.2) is 8.78 Å². The van der Waals surface area contributed by atoms with Crippen LogP contribution < -0.4 is 5.32 Å². The Bertz CT molecular complexity index is 453. The first-order valence-electron chi connectivity index (χ1n) is 6.31. The summed E-state index contributed by atoms with van der Waals surface area (Å²) < 4.78 is 27.2. The molecular formula is C14H17F2NO. The minimum atomic E-state index is -0.781. The van der Waals surface area contributed by atoms with Gasteiger partial charge in [0.15, 0.2) is 5.78 Å². The van der Waals surface area contributed by atoms with Crippen LogP contribution in [-0.4, -0.2) is 18.4 Å². The number of halogens is 2. The van der Waals surface area contributed by atoms with Gasteiger partial charge in [0, 0.05) is 6.04 Å². The standard InChI is InChI=1S/C14H17F2NO/c1-9-6-7-11(15)13(14(9)16)12(18)8-17-10-4-2-3-5-10/h6-7,10,17H,2-5,8H2,1H3. The molecule has 0 saturated heterocycles. The highest BCUT2D eigenvalue weighted by Gasteiger charge is 2.21. The summed E-state index contributed by atoms with van der Waals surface area (Å²) in [4.78, 5) is 11.9. The zero-order chi connectivity index (χ0) is 13.1. The fourth-order valence-corrected chi connectivity index (χ4v) is 2.37. The molecule has 1 aromatic carbocycles. The molecular weight excluding hydrogens is 236 g/mol. The largest absolute Gasteiger partial charge is 0.307 e. The zero-order valence-corrected chi connectivity index (χ0v) is 10.4. The van der Waals surface area contributed by atoms with Crippen LogP contribution in [0.25, 0.3) is 0 Å². The molecule has 0 bridgehead atoms. The molecule has 2 rings (SSSR count). The lowest BCUT2D eigenvalue weighted by atomic mass is 10.1. The molecule has 0 unspecified atom stereocenters. The third-order valence-corrected chi connectivity index (χ3v) is 3.47. The van der Waals surface area contributed by atoms with Crippen molar-refractivity contribution in [2.75, 3.05) is 6.54 Å². The van der Waals surface area contributed by atoms with Crippen LogP contribution in [0.1, 0.15) is 41.6 Å². The Labute approximate surface area is 105 Å². The van der Waals surface area contributed by atoms with Gasteiger partial charge in [-0.3, -0.25) is 4.79 Å². The highest BCUT2D eigenvalue weighted by atomic mass is 19.1. The summed E-state index contributed by atoms with van der Waals surface area (Å²) in [5, 5.41) is 3.07. The van der Waals surface area contributed by atoms with Crippen molar-refractivity contribution in [1.29, 1.82) is 0 Å². The Morgan fingerprint density at radius 2 is 2.00 bits per heavy atom. The van der Waals surface area contributed by atoms with E-state index >= 15 is 0 Å². The van der Waals surface area contributed by atoms with E-state index in [1.165, 1.54) is 13.0 Å². The highest BCUT2D eigenvalue weighted by Crippen LogP contribution is 2.19. The minimum absolute atomic E-state index is 0.00194. The molecule has 98 valence electrons. The molecule has 0 aliphatic heterocycles. The molecule has 0 aromatic heterocycles. The fourth-order valence-electron chi connectivity index (χ4n) is 2.37. The molecule has 0 atom stereocenters. The Kier molecular flexibility index (Phi) is 4.07. The second-order valence-electron chi connectivity index (χ2n) is 4.84. The minimum Gasteiger partial charge on any atom is -0.307 e. The van der Waals surface area contributed by atoms with Gasteiger partial charge >= 0.3 is 0 Å². The first kappa shape index (κ1) is 13.1. The lowest BCUT2D eigenvalue weighted by molar-refractivity contribution is 0.0979. The van der Waals surface area contributed by atoms with E-state index in [4.69, 9.17) is 0 Å². The molecule has 1 aliphatic carbocycles. The maximum Gasteiger partial charge on any atom is 0.182 e. The van der Waals surface area contributed by atoms with Crippen LogP contribution in [0.4, 0.5) is 8.78 Å². The number of ketones is 1. The van der Waals surface area contributed by atoms with Crippen LogP contribution in [0.5, 0.6) is 0 Å². The average molecular weight is 253 g/mol. The topological polar surface area (TPSA) is 29.1 Å². The van der Waals surface area contributed by atoms with Gasteiger partial charge in [-0.1, -0.05) is 18.9 Å². The summed E-state index contributed by atoms with van der Waals surface area (Å²) in [5.41, 5.74) is -0.124. The Balaban J connectivity index is 2.06. The number of rotatable bonds is 4. The molecule has 0 radical (unpaired) electrons. The summed E-state index contributed by atoms with van der Waals surface area (Å²) in [6.45, 7) is 1.53. The van der Waals surface area contributed by atoms with Crippen LogP contribution in [0.15, 0.2) is 12.1 Å². The van der Waals surface area contributed by atoms with Gasteiger partial charge in [0.05, 0.1) is 12.1 Å². The van der Waals surface area contributed by atoms with Crippen LogP contribution >= 0.6 is 0 Å². The number of benzene rings is 1. The Morgan fingerprint density at radius 1 is 1.33 bits per heavy atom. The monoisotopic (exact) mass is 253 g/mol. The summed E-state index contributed by atoms with van der Waals surface area (Å²) in [6, 6.07) is 2.79. The van der Waals surface area contributed by atoms with Crippen molar-refractivity contribution in [1.82, 2.24) is 5.32 Å². The number of aryl methyl sites for hydroxylation is 1. The lowest BCUT2D eigenvalue weighted by Gasteiger charge is -2.12. The van der Waals surface area contributed by atoms with E-state index in [9.17, 15) is 13.6 Å². The molecule has 1 aromatic rings. The molecule has 0 spiro atoms. The van der Waals surface area contributed by atoms with Gasteiger partial charge < -0.3 is 5.32 Å². The summed E-state index contributed by atoms with van der Waals surface area (Å²) in [5.74, 6) is -2.04. The Hall–Kier alpha value is -1.29. The molecule has 2 nitrogen and oxygen atoms in total. The van der Waals surface area contributed by atoms with Gasteiger partial charge in [0.2, 0.25) is 0 Å². The molecule has 1 fully saturated rings. The zero-order valence-electron chi connectivity index (χ0n) is 10.4. The van der Waals surface area contributed by atoms with E-state index in [2.05, 4.69) is 5.32 Å². The quantitative estimate of drug-likeness (QED) is 0.836. The summed E-state index contributed by atoms with van der Waals surface area (Å²) in [6.07, 6.45) is 4.37. The van der Waals surface area contributed by atoms with E-state index < -0.39 is 23.0 Å². The second-order valence-corrected chi connectivity index (χ2v) is 4.84. The van der Waals surface area contributed by atoms with Crippen LogP contribution in [0.3, 0.4) is 0 Å². The van der Waals surface area contributed by atoms with Gasteiger partial charge in [-0.2, -0.15) is 0 Å². The smallest absolute Gasteiger partial charge is 0.182 e. The first-order valence-corrected chi connectivity index (χ1v) is 6.31. The number of Topliss-reactive ketones (excluding diaryl/α,β-unsaturated/α-hetero) is 1. The third kappa shape index (κ3) is 2.75. The summed E-state index contributed by atoms with van der Waals surface area (Å²) >= 11 is 0. The van der Waals surface area contributed by atoms with Crippen molar-refractivity contribution in [3.63, 3.8) is 0 Å². The van der Waals surface area contributed by atoms with Crippen molar-refractivity contribution in [2.24, 2.45) is 0 Å².